The van der Waals surface area contributed by atoms with E-state index in [0.29, 0.717) is 16.8 Å². The third kappa shape index (κ3) is 4.73. The van der Waals surface area contributed by atoms with Crippen LogP contribution in [0.4, 0.5) is 5.69 Å². The molecule has 3 heterocycles. The van der Waals surface area contributed by atoms with Crippen LogP contribution in [0.15, 0.2) is 51.7 Å². The topological polar surface area (TPSA) is 102 Å². The third-order valence-corrected chi connectivity index (χ3v) is 6.82. The average molecular weight is 466 g/mol. The van der Waals surface area contributed by atoms with E-state index in [2.05, 4.69) is 22.1 Å². The molecule has 1 aromatic carbocycles. The molecule has 33 heavy (non-hydrogen) atoms. The van der Waals surface area contributed by atoms with Crippen LogP contribution in [0.3, 0.4) is 0 Å². The second kappa shape index (κ2) is 10.1. The molecular formula is C24H27N5O3S. The fourth-order valence-electron chi connectivity index (χ4n) is 3.87. The second-order valence-corrected chi connectivity index (χ2v) is 9.07. The lowest BCUT2D eigenvalue weighted by atomic mass is 10.2. The molecule has 0 aliphatic carbocycles. The summed E-state index contributed by atoms with van der Waals surface area (Å²) in [5.41, 5.74) is 0.842. The molecule has 0 unspecified atom stereocenters. The van der Waals surface area contributed by atoms with Crippen LogP contribution in [0.25, 0.3) is 21.1 Å². The maximum Gasteiger partial charge on any atom is 0.284 e. The van der Waals surface area contributed by atoms with Crippen LogP contribution >= 0.6 is 11.3 Å². The average Bonchev–Trinajstić information content (AvgIpc) is 3.36. The highest BCUT2D eigenvalue weighted by Gasteiger charge is 2.17. The number of rotatable bonds is 9. The Labute approximate surface area is 195 Å². The van der Waals surface area contributed by atoms with E-state index >= 15 is 0 Å². The van der Waals surface area contributed by atoms with Gasteiger partial charge in [-0.05, 0) is 25.0 Å². The van der Waals surface area contributed by atoms with Gasteiger partial charge in [-0.15, -0.1) is 21.6 Å². The third-order valence-electron chi connectivity index (χ3n) is 5.64. The molecule has 172 valence electrons. The van der Waals surface area contributed by atoms with Gasteiger partial charge in [0.2, 0.25) is 5.88 Å². The summed E-state index contributed by atoms with van der Waals surface area (Å²) in [5, 5.41) is 19.9. The monoisotopic (exact) mass is 465 g/mol. The molecule has 0 bridgehead atoms. The number of aromatic hydroxyl groups is 1. The van der Waals surface area contributed by atoms with Crippen molar-refractivity contribution < 1.29 is 9.90 Å². The lowest BCUT2D eigenvalue weighted by molar-refractivity contribution is -0.118. The van der Waals surface area contributed by atoms with Crippen LogP contribution in [0, 0.1) is 0 Å². The number of unbranched alkanes of at least 4 members (excludes halogenated alkanes) is 3. The summed E-state index contributed by atoms with van der Waals surface area (Å²) in [4.78, 5) is 31.2. The summed E-state index contributed by atoms with van der Waals surface area (Å²) >= 11 is 1.48. The molecule has 0 aliphatic heterocycles. The number of fused-ring (bicyclic) bond motifs is 2. The summed E-state index contributed by atoms with van der Waals surface area (Å²) in [6.07, 6.45) is 6.49. The van der Waals surface area contributed by atoms with E-state index in [1.807, 2.05) is 41.8 Å². The molecule has 0 fully saturated rings. The molecule has 0 aliphatic rings. The van der Waals surface area contributed by atoms with Gasteiger partial charge in [0.1, 0.15) is 11.4 Å². The number of hydrogen-bond donors (Lipinski definition) is 1. The first-order valence-corrected chi connectivity index (χ1v) is 12.1. The number of carbonyl (C=O) groups is 1. The van der Waals surface area contributed by atoms with Gasteiger partial charge in [-0.25, -0.2) is 4.98 Å². The van der Waals surface area contributed by atoms with Crippen LogP contribution < -0.4 is 5.56 Å². The lowest BCUT2D eigenvalue weighted by Crippen LogP contribution is -2.23. The zero-order valence-electron chi connectivity index (χ0n) is 18.8. The number of nitrogens with zero attached hydrogens (tertiary/aromatic N) is 5. The van der Waals surface area contributed by atoms with Crippen LogP contribution in [0.2, 0.25) is 0 Å². The molecule has 3 aromatic heterocycles. The number of aryl methyl sites for hydroxylation is 2. The Morgan fingerprint density at radius 3 is 2.76 bits per heavy atom. The highest BCUT2D eigenvalue weighted by atomic mass is 32.1. The van der Waals surface area contributed by atoms with E-state index in [4.69, 9.17) is 0 Å². The number of para-hydroxylation sites is 1. The first-order chi connectivity index (χ1) is 16.0. The summed E-state index contributed by atoms with van der Waals surface area (Å²) in [5.74, 6) is -0.599. The minimum atomic E-state index is -0.594. The van der Waals surface area contributed by atoms with Gasteiger partial charge >= 0.3 is 0 Å². The van der Waals surface area contributed by atoms with E-state index in [-0.39, 0.29) is 23.7 Å². The molecule has 1 amide bonds. The van der Waals surface area contributed by atoms with Crippen molar-refractivity contribution in [2.75, 3.05) is 0 Å². The van der Waals surface area contributed by atoms with Gasteiger partial charge in [-0.3, -0.25) is 14.2 Å². The molecule has 4 rings (SSSR count). The molecule has 9 heteroatoms. The maximum absolute atomic E-state index is 12.7. The molecule has 1 N–H and O–H groups in total. The summed E-state index contributed by atoms with van der Waals surface area (Å²) in [6, 6.07) is 9.35. The Morgan fingerprint density at radius 2 is 1.97 bits per heavy atom. The molecule has 0 radical (unpaired) electrons. The van der Waals surface area contributed by atoms with Crippen LogP contribution in [0.1, 0.15) is 44.4 Å². The predicted octanol–water partition coefficient (Wildman–Crippen LogP) is 5.57. The normalized spacial score (nSPS) is 11.8. The molecule has 0 saturated heterocycles. The Hall–Kier alpha value is -3.33. The molecule has 0 atom stereocenters. The Bertz CT molecular complexity index is 1380. The molecule has 8 nitrogen and oxygen atoms in total. The minimum absolute atomic E-state index is 0.00475. The fourth-order valence-corrected chi connectivity index (χ4v) is 4.80. The molecule has 4 aromatic rings. The van der Waals surface area contributed by atoms with E-state index in [1.165, 1.54) is 22.2 Å². The number of aromatic nitrogens is 3. The van der Waals surface area contributed by atoms with Gasteiger partial charge in [0, 0.05) is 16.8 Å². The van der Waals surface area contributed by atoms with Gasteiger partial charge < -0.3 is 9.67 Å². The molecular weight excluding hydrogens is 438 g/mol. The van der Waals surface area contributed by atoms with Gasteiger partial charge in [0.15, 0.2) is 5.69 Å². The SMILES string of the molecule is CCCCCCn1c(O)c(N=NC(=O)Cn2cnc3sc(CC)cc3c2=O)c2ccccc21. The summed E-state index contributed by atoms with van der Waals surface area (Å²) < 4.78 is 3.06. The fraction of sp³-hybridized carbons (Fsp3) is 0.375. The first-order valence-electron chi connectivity index (χ1n) is 11.3. The van der Waals surface area contributed by atoms with Gasteiger partial charge in [-0.1, -0.05) is 51.3 Å². The maximum atomic E-state index is 12.7. The lowest BCUT2D eigenvalue weighted by Gasteiger charge is -2.06. The number of amides is 1. The van der Waals surface area contributed by atoms with E-state index < -0.39 is 5.91 Å². The second-order valence-electron chi connectivity index (χ2n) is 7.96. The van der Waals surface area contributed by atoms with E-state index in [9.17, 15) is 14.7 Å². The zero-order chi connectivity index (χ0) is 23.4. The van der Waals surface area contributed by atoms with Crippen molar-refractivity contribution in [1.29, 1.82) is 0 Å². The van der Waals surface area contributed by atoms with Crippen LogP contribution in [-0.2, 0) is 24.3 Å². The number of thiophene rings is 1. The van der Waals surface area contributed by atoms with Crippen molar-refractivity contribution in [3.8, 4) is 5.88 Å². The summed E-state index contributed by atoms with van der Waals surface area (Å²) in [6.45, 7) is 4.57. The number of benzene rings is 1. The molecule has 0 saturated carbocycles. The van der Waals surface area contributed by atoms with Crippen molar-refractivity contribution in [2.24, 2.45) is 10.2 Å². The Kier molecular flexibility index (Phi) is 6.98. The number of azo groups is 1. The van der Waals surface area contributed by atoms with Gasteiger partial charge in [0.05, 0.1) is 17.2 Å². The van der Waals surface area contributed by atoms with Crippen molar-refractivity contribution >= 4 is 44.1 Å². The quantitative estimate of drug-likeness (QED) is 0.258. The Balaban J connectivity index is 1.56. The van der Waals surface area contributed by atoms with E-state index in [1.54, 1.807) is 0 Å². The van der Waals surface area contributed by atoms with E-state index in [0.717, 1.165) is 47.9 Å². The number of hydrogen-bond acceptors (Lipinski definition) is 6. The highest BCUT2D eigenvalue weighted by molar-refractivity contribution is 7.18. The molecule has 0 spiro atoms. The smallest absolute Gasteiger partial charge is 0.284 e. The first kappa shape index (κ1) is 22.8. The van der Waals surface area contributed by atoms with Crippen molar-refractivity contribution in [2.45, 2.75) is 59.0 Å². The van der Waals surface area contributed by atoms with Gasteiger partial charge in [0.25, 0.3) is 11.5 Å². The van der Waals surface area contributed by atoms with Gasteiger partial charge in [-0.2, -0.15) is 0 Å². The van der Waals surface area contributed by atoms with Crippen molar-refractivity contribution in [3.05, 3.63) is 51.9 Å². The largest absolute Gasteiger partial charge is 0.493 e. The van der Waals surface area contributed by atoms with Crippen molar-refractivity contribution in [3.63, 3.8) is 0 Å². The zero-order valence-corrected chi connectivity index (χ0v) is 19.6. The summed E-state index contributed by atoms with van der Waals surface area (Å²) in [7, 11) is 0. The van der Waals surface area contributed by atoms with Crippen LogP contribution in [-0.4, -0.2) is 25.1 Å². The Morgan fingerprint density at radius 1 is 1.15 bits per heavy atom. The number of carbonyl (C=O) groups excluding carboxylic acids is 1. The standard InChI is InChI=1S/C24H27N5O3S/c1-3-5-6-9-12-29-19-11-8-7-10-17(19)21(24(29)32)27-26-20(30)14-28-15-25-22-18(23(28)31)13-16(4-2)33-22/h7-8,10-11,13,15,32H,3-6,9,12,14H2,1-2H3. The predicted molar refractivity (Wildman–Crippen MR) is 131 cm³/mol. The van der Waals surface area contributed by atoms with Crippen LogP contribution in [0.5, 0.6) is 5.88 Å². The minimum Gasteiger partial charge on any atom is -0.493 e. The highest BCUT2D eigenvalue weighted by Crippen LogP contribution is 2.39. The van der Waals surface area contributed by atoms with Crippen molar-refractivity contribution in [1.82, 2.24) is 14.1 Å².